The van der Waals surface area contributed by atoms with Crippen molar-refractivity contribution in [3.05, 3.63) is 35.9 Å². The first-order valence-corrected chi connectivity index (χ1v) is 4.74. The first-order chi connectivity index (χ1) is 7.36. The van der Waals surface area contributed by atoms with Crippen molar-refractivity contribution in [3.8, 4) is 11.8 Å². The van der Waals surface area contributed by atoms with Gasteiger partial charge < -0.3 is 9.84 Å². The lowest BCUT2D eigenvalue weighted by molar-refractivity contribution is 0.201. The summed E-state index contributed by atoms with van der Waals surface area (Å²) in [5.41, 5.74) is 1.03. The minimum absolute atomic E-state index is 0.0177. The highest BCUT2D eigenvalue weighted by Gasteiger charge is 1.92. The number of allylic oxidation sites excluding steroid dienone is 1. The molecule has 0 radical (unpaired) electrons. The van der Waals surface area contributed by atoms with Gasteiger partial charge in [0.2, 0.25) is 0 Å². The molecule has 0 spiro atoms. The fourth-order valence-electron chi connectivity index (χ4n) is 1.09. The second kappa shape index (κ2) is 6.63. The number of aliphatic hydroxyl groups excluding tert-OH is 1. The van der Waals surface area contributed by atoms with Crippen molar-refractivity contribution in [2.75, 3.05) is 13.2 Å². The molecule has 0 unspecified atom stereocenters. The van der Waals surface area contributed by atoms with Crippen molar-refractivity contribution in [1.82, 2.24) is 0 Å². The first kappa shape index (κ1) is 11.3. The fraction of sp³-hybridized carbons (Fsp3) is 0.250. The number of hydrogen-bond acceptors (Lipinski definition) is 3. The van der Waals surface area contributed by atoms with Gasteiger partial charge in [-0.15, -0.1) is 0 Å². The van der Waals surface area contributed by atoms with Crippen LogP contribution in [0.25, 0.3) is 6.08 Å². The van der Waals surface area contributed by atoms with E-state index in [-0.39, 0.29) is 6.61 Å². The van der Waals surface area contributed by atoms with Gasteiger partial charge in [-0.1, -0.05) is 24.3 Å². The zero-order chi connectivity index (χ0) is 10.9. The van der Waals surface area contributed by atoms with Crippen molar-refractivity contribution >= 4 is 6.08 Å². The monoisotopic (exact) mass is 203 g/mol. The van der Waals surface area contributed by atoms with Crippen LogP contribution in [0, 0.1) is 11.3 Å². The van der Waals surface area contributed by atoms with E-state index in [0.717, 1.165) is 11.3 Å². The van der Waals surface area contributed by atoms with E-state index < -0.39 is 0 Å². The molecule has 1 aromatic carbocycles. The number of benzene rings is 1. The lowest BCUT2D eigenvalue weighted by atomic mass is 10.2. The standard InChI is InChI=1S/C12H13NO2/c13-8-2-1-3-11-4-6-12(7-5-11)15-10-9-14/h1,3-7,14H,2,9-10H2. The van der Waals surface area contributed by atoms with E-state index in [9.17, 15) is 0 Å². The highest BCUT2D eigenvalue weighted by molar-refractivity contribution is 5.50. The Hall–Kier alpha value is -1.79. The van der Waals surface area contributed by atoms with Crippen molar-refractivity contribution in [2.45, 2.75) is 6.42 Å². The van der Waals surface area contributed by atoms with Crippen LogP contribution in [0.1, 0.15) is 12.0 Å². The average molecular weight is 203 g/mol. The molecule has 0 aliphatic heterocycles. The molecule has 0 fully saturated rings. The van der Waals surface area contributed by atoms with Crippen LogP contribution < -0.4 is 4.74 Å². The topological polar surface area (TPSA) is 53.2 Å². The number of ether oxygens (including phenoxy) is 1. The highest BCUT2D eigenvalue weighted by Crippen LogP contribution is 2.13. The first-order valence-electron chi connectivity index (χ1n) is 4.74. The Kier molecular flexibility index (Phi) is 4.99. The zero-order valence-corrected chi connectivity index (χ0v) is 8.39. The van der Waals surface area contributed by atoms with Crippen LogP contribution in [0.2, 0.25) is 0 Å². The summed E-state index contributed by atoms with van der Waals surface area (Å²) >= 11 is 0. The predicted molar refractivity (Wildman–Crippen MR) is 58.3 cm³/mol. The lowest BCUT2D eigenvalue weighted by Gasteiger charge is -2.03. The Morgan fingerprint density at radius 1 is 1.33 bits per heavy atom. The van der Waals surface area contributed by atoms with E-state index in [1.54, 1.807) is 0 Å². The molecular weight excluding hydrogens is 190 g/mol. The van der Waals surface area contributed by atoms with Gasteiger partial charge in [0, 0.05) is 0 Å². The number of hydrogen-bond donors (Lipinski definition) is 1. The van der Waals surface area contributed by atoms with Crippen LogP contribution in [-0.4, -0.2) is 18.3 Å². The van der Waals surface area contributed by atoms with Gasteiger partial charge in [-0.05, 0) is 17.7 Å². The van der Waals surface area contributed by atoms with Gasteiger partial charge in [-0.25, -0.2) is 0 Å². The second-order valence-corrected chi connectivity index (χ2v) is 2.91. The smallest absolute Gasteiger partial charge is 0.119 e. The molecule has 0 saturated heterocycles. The number of rotatable bonds is 5. The average Bonchev–Trinajstić information content (AvgIpc) is 2.28. The van der Waals surface area contributed by atoms with Crippen LogP contribution in [0.4, 0.5) is 0 Å². The van der Waals surface area contributed by atoms with E-state index in [1.807, 2.05) is 42.5 Å². The molecule has 0 bridgehead atoms. The van der Waals surface area contributed by atoms with Crippen LogP contribution in [-0.2, 0) is 0 Å². The van der Waals surface area contributed by atoms with Crippen molar-refractivity contribution in [1.29, 1.82) is 5.26 Å². The third kappa shape index (κ3) is 4.30. The SMILES string of the molecule is N#CCC=Cc1ccc(OCCO)cc1. The van der Waals surface area contributed by atoms with E-state index in [0.29, 0.717) is 13.0 Å². The van der Waals surface area contributed by atoms with Crippen molar-refractivity contribution < 1.29 is 9.84 Å². The summed E-state index contributed by atoms with van der Waals surface area (Å²) in [5, 5.41) is 16.9. The largest absolute Gasteiger partial charge is 0.491 e. The van der Waals surface area contributed by atoms with E-state index in [4.69, 9.17) is 15.1 Å². The van der Waals surface area contributed by atoms with Gasteiger partial charge in [-0.3, -0.25) is 0 Å². The molecule has 1 N–H and O–H groups in total. The summed E-state index contributed by atoms with van der Waals surface area (Å²) in [7, 11) is 0. The molecular formula is C12H13NO2. The minimum Gasteiger partial charge on any atom is -0.491 e. The summed E-state index contributed by atoms with van der Waals surface area (Å²) in [4.78, 5) is 0. The molecule has 0 aliphatic rings. The van der Waals surface area contributed by atoms with Crippen molar-refractivity contribution in [3.63, 3.8) is 0 Å². The summed E-state index contributed by atoms with van der Waals surface area (Å²) in [6.45, 7) is 0.327. The van der Waals surface area contributed by atoms with Gasteiger partial charge in [-0.2, -0.15) is 5.26 Å². The third-order valence-electron chi connectivity index (χ3n) is 1.76. The minimum atomic E-state index is 0.0177. The van der Waals surface area contributed by atoms with E-state index >= 15 is 0 Å². The normalized spacial score (nSPS) is 10.1. The lowest BCUT2D eigenvalue weighted by Crippen LogP contribution is -2.01. The predicted octanol–water partition coefficient (Wildman–Crippen LogP) is 1.98. The maximum absolute atomic E-state index is 8.56. The third-order valence-corrected chi connectivity index (χ3v) is 1.76. The summed E-state index contributed by atoms with van der Waals surface area (Å²) < 4.78 is 5.21. The Balaban J connectivity index is 2.53. The van der Waals surface area contributed by atoms with Crippen LogP contribution in [0.5, 0.6) is 5.75 Å². The summed E-state index contributed by atoms with van der Waals surface area (Å²) in [5.74, 6) is 0.737. The summed E-state index contributed by atoms with van der Waals surface area (Å²) in [6.07, 6.45) is 4.12. The maximum Gasteiger partial charge on any atom is 0.119 e. The number of nitriles is 1. The summed E-state index contributed by atoms with van der Waals surface area (Å²) in [6, 6.07) is 9.51. The van der Waals surface area contributed by atoms with Gasteiger partial charge in [0.15, 0.2) is 0 Å². The van der Waals surface area contributed by atoms with Crippen molar-refractivity contribution in [2.24, 2.45) is 0 Å². The number of aliphatic hydroxyl groups is 1. The van der Waals surface area contributed by atoms with Crippen LogP contribution >= 0.6 is 0 Å². The molecule has 3 nitrogen and oxygen atoms in total. The Bertz CT molecular complexity index is 349. The molecule has 3 heteroatoms. The molecule has 15 heavy (non-hydrogen) atoms. The number of nitrogens with zero attached hydrogens (tertiary/aromatic N) is 1. The molecule has 0 atom stereocenters. The quantitative estimate of drug-likeness (QED) is 0.796. The molecule has 0 heterocycles. The molecule has 0 saturated carbocycles. The van der Waals surface area contributed by atoms with Gasteiger partial charge in [0.1, 0.15) is 12.4 Å². The van der Waals surface area contributed by atoms with E-state index in [1.165, 1.54) is 0 Å². The molecule has 1 rings (SSSR count). The molecule has 0 amide bonds. The van der Waals surface area contributed by atoms with Gasteiger partial charge in [0.25, 0.3) is 0 Å². The molecule has 0 aromatic heterocycles. The van der Waals surface area contributed by atoms with Crippen LogP contribution in [0.15, 0.2) is 30.3 Å². The van der Waals surface area contributed by atoms with Gasteiger partial charge >= 0.3 is 0 Å². The maximum atomic E-state index is 8.56. The fourth-order valence-corrected chi connectivity index (χ4v) is 1.09. The second-order valence-electron chi connectivity index (χ2n) is 2.91. The Labute approximate surface area is 89.2 Å². The van der Waals surface area contributed by atoms with Crippen LogP contribution in [0.3, 0.4) is 0 Å². The zero-order valence-electron chi connectivity index (χ0n) is 8.39. The molecule has 1 aromatic rings. The Morgan fingerprint density at radius 2 is 2.07 bits per heavy atom. The Morgan fingerprint density at radius 3 is 2.67 bits per heavy atom. The van der Waals surface area contributed by atoms with Gasteiger partial charge in [0.05, 0.1) is 19.1 Å². The highest BCUT2D eigenvalue weighted by atomic mass is 16.5. The molecule has 78 valence electrons. The van der Waals surface area contributed by atoms with E-state index in [2.05, 4.69) is 0 Å². The molecule has 0 aliphatic carbocycles.